The van der Waals surface area contributed by atoms with Crippen LogP contribution in [0.3, 0.4) is 0 Å². The highest BCUT2D eigenvalue weighted by molar-refractivity contribution is 9.10. The summed E-state index contributed by atoms with van der Waals surface area (Å²) < 4.78 is 5.55. The predicted octanol–water partition coefficient (Wildman–Crippen LogP) is 2.04. The molecule has 4 heteroatoms. The summed E-state index contributed by atoms with van der Waals surface area (Å²) in [6.45, 7) is 0.217. The summed E-state index contributed by atoms with van der Waals surface area (Å²) in [6.07, 6.45) is -0.755. The van der Waals surface area contributed by atoms with Gasteiger partial charge in [-0.3, -0.25) is 0 Å². The lowest BCUT2D eigenvalue weighted by atomic mass is 10.2. The molecule has 64 valence electrons. The van der Waals surface area contributed by atoms with Gasteiger partial charge in [-0.1, -0.05) is 28.1 Å². The van der Waals surface area contributed by atoms with Gasteiger partial charge in [0.2, 0.25) is 0 Å². The molecule has 0 atom stereocenters. The Bertz CT molecular complexity index is 288. The van der Waals surface area contributed by atoms with E-state index in [1.54, 1.807) is 0 Å². The van der Waals surface area contributed by atoms with Crippen LogP contribution >= 0.6 is 15.9 Å². The van der Waals surface area contributed by atoms with E-state index in [0.717, 1.165) is 10.0 Å². The number of benzene rings is 1. The van der Waals surface area contributed by atoms with Crippen LogP contribution in [0.25, 0.3) is 0 Å². The van der Waals surface area contributed by atoms with Crippen molar-refractivity contribution in [1.29, 1.82) is 0 Å². The third kappa shape index (κ3) is 2.92. The molecule has 0 aliphatic heterocycles. The number of amides is 1. The molecule has 1 aromatic rings. The molecule has 0 fully saturated rings. The standard InChI is InChI=1S/C8H8BrNO2/c9-7-3-1-2-6(4-7)5-12-8(10)11/h1-4H,5H2,(H2,10,11). The van der Waals surface area contributed by atoms with Gasteiger partial charge in [-0.15, -0.1) is 0 Å². The Kier molecular flexibility index (Phi) is 3.10. The van der Waals surface area contributed by atoms with Crippen molar-refractivity contribution in [2.75, 3.05) is 0 Å². The fraction of sp³-hybridized carbons (Fsp3) is 0.125. The van der Waals surface area contributed by atoms with Gasteiger partial charge in [0.25, 0.3) is 0 Å². The zero-order valence-corrected chi connectivity index (χ0v) is 7.87. The summed E-state index contributed by atoms with van der Waals surface area (Å²) in [6, 6.07) is 7.48. The number of hydrogen-bond acceptors (Lipinski definition) is 2. The second kappa shape index (κ2) is 4.11. The number of ether oxygens (including phenoxy) is 1. The monoisotopic (exact) mass is 229 g/mol. The zero-order chi connectivity index (χ0) is 8.97. The third-order valence-electron chi connectivity index (χ3n) is 1.27. The van der Waals surface area contributed by atoms with Crippen molar-refractivity contribution in [3.8, 4) is 0 Å². The summed E-state index contributed by atoms with van der Waals surface area (Å²) >= 11 is 3.30. The molecule has 0 aliphatic rings. The highest BCUT2D eigenvalue weighted by Gasteiger charge is 1.96. The van der Waals surface area contributed by atoms with Crippen LogP contribution in [0.15, 0.2) is 28.7 Å². The van der Waals surface area contributed by atoms with Gasteiger partial charge in [-0.05, 0) is 17.7 Å². The highest BCUT2D eigenvalue weighted by atomic mass is 79.9. The van der Waals surface area contributed by atoms with Gasteiger partial charge < -0.3 is 10.5 Å². The van der Waals surface area contributed by atoms with Crippen molar-refractivity contribution in [1.82, 2.24) is 0 Å². The molecule has 0 heterocycles. The molecular formula is C8H8BrNO2. The van der Waals surface area contributed by atoms with E-state index in [-0.39, 0.29) is 6.61 Å². The van der Waals surface area contributed by atoms with Crippen molar-refractivity contribution in [2.24, 2.45) is 5.73 Å². The van der Waals surface area contributed by atoms with Crippen LogP contribution in [-0.2, 0) is 11.3 Å². The molecule has 0 unspecified atom stereocenters. The first-order valence-electron chi connectivity index (χ1n) is 3.35. The maximum absolute atomic E-state index is 10.2. The molecule has 1 rings (SSSR count). The van der Waals surface area contributed by atoms with Crippen molar-refractivity contribution in [3.05, 3.63) is 34.3 Å². The van der Waals surface area contributed by atoms with E-state index in [4.69, 9.17) is 5.73 Å². The number of carbonyl (C=O) groups is 1. The van der Waals surface area contributed by atoms with Crippen LogP contribution in [0, 0.1) is 0 Å². The Morgan fingerprint density at radius 1 is 1.58 bits per heavy atom. The Hall–Kier alpha value is -1.03. The van der Waals surface area contributed by atoms with E-state index in [1.807, 2.05) is 24.3 Å². The second-order valence-electron chi connectivity index (χ2n) is 2.24. The van der Waals surface area contributed by atoms with Gasteiger partial charge in [0, 0.05) is 4.47 Å². The minimum absolute atomic E-state index is 0.217. The second-order valence-corrected chi connectivity index (χ2v) is 3.15. The third-order valence-corrected chi connectivity index (χ3v) is 1.76. The number of carbonyl (C=O) groups excluding carboxylic acids is 1. The summed E-state index contributed by atoms with van der Waals surface area (Å²) in [7, 11) is 0. The lowest BCUT2D eigenvalue weighted by Gasteiger charge is -2.01. The maximum atomic E-state index is 10.2. The largest absolute Gasteiger partial charge is 0.445 e. The lowest BCUT2D eigenvalue weighted by molar-refractivity contribution is 0.150. The van der Waals surface area contributed by atoms with Crippen LogP contribution in [0.5, 0.6) is 0 Å². The molecule has 12 heavy (non-hydrogen) atoms. The fourth-order valence-corrected chi connectivity index (χ4v) is 1.23. The van der Waals surface area contributed by atoms with Gasteiger partial charge in [-0.25, -0.2) is 4.79 Å². The smallest absolute Gasteiger partial charge is 0.404 e. The van der Waals surface area contributed by atoms with Crippen LogP contribution in [0.1, 0.15) is 5.56 Å². The number of halogens is 1. The molecule has 1 aromatic carbocycles. The molecular weight excluding hydrogens is 222 g/mol. The highest BCUT2D eigenvalue weighted by Crippen LogP contribution is 2.11. The Morgan fingerprint density at radius 2 is 2.33 bits per heavy atom. The molecule has 0 bridgehead atoms. The molecule has 0 saturated heterocycles. The van der Waals surface area contributed by atoms with Gasteiger partial charge >= 0.3 is 6.09 Å². The molecule has 0 radical (unpaired) electrons. The quantitative estimate of drug-likeness (QED) is 0.845. The molecule has 0 saturated carbocycles. The SMILES string of the molecule is NC(=O)OCc1cccc(Br)c1. The first kappa shape index (κ1) is 9.06. The summed E-state index contributed by atoms with van der Waals surface area (Å²) in [5.74, 6) is 0. The first-order valence-corrected chi connectivity index (χ1v) is 4.14. The molecule has 0 aliphatic carbocycles. The summed E-state index contributed by atoms with van der Waals surface area (Å²) in [4.78, 5) is 10.2. The predicted molar refractivity (Wildman–Crippen MR) is 48.5 cm³/mol. The average molecular weight is 230 g/mol. The molecule has 3 nitrogen and oxygen atoms in total. The number of rotatable bonds is 2. The van der Waals surface area contributed by atoms with Crippen LogP contribution in [0.2, 0.25) is 0 Å². The van der Waals surface area contributed by atoms with Crippen molar-refractivity contribution < 1.29 is 9.53 Å². The topological polar surface area (TPSA) is 52.3 Å². The van der Waals surface area contributed by atoms with E-state index in [1.165, 1.54) is 0 Å². The first-order chi connectivity index (χ1) is 5.68. The number of nitrogens with two attached hydrogens (primary N) is 1. The zero-order valence-electron chi connectivity index (χ0n) is 6.29. The van der Waals surface area contributed by atoms with Crippen LogP contribution < -0.4 is 5.73 Å². The van der Waals surface area contributed by atoms with Crippen LogP contribution in [-0.4, -0.2) is 6.09 Å². The van der Waals surface area contributed by atoms with Crippen LogP contribution in [0.4, 0.5) is 4.79 Å². The Morgan fingerprint density at radius 3 is 2.92 bits per heavy atom. The molecule has 0 aromatic heterocycles. The maximum Gasteiger partial charge on any atom is 0.404 e. The minimum atomic E-state index is -0.755. The average Bonchev–Trinajstić information content (AvgIpc) is 2.01. The van der Waals surface area contributed by atoms with Gasteiger partial charge in [0.15, 0.2) is 0 Å². The van der Waals surface area contributed by atoms with E-state index in [0.29, 0.717) is 0 Å². The van der Waals surface area contributed by atoms with Gasteiger partial charge in [0.05, 0.1) is 0 Å². The fourth-order valence-electron chi connectivity index (χ4n) is 0.781. The molecule has 0 spiro atoms. The number of primary amides is 1. The number of hydrogen-bond donors (Lipinski definition) is 1. The minimum Gasteiger partial charge on any atom is -0.445 e. The Balaban J connectivity index is 2.57. The van der Waals surface area contributed by atoms with E-state index in [9.17, 15) is 4.79 Å². The van der Waals surface area contributed by atoms with Gasteiger partial charge in [-0.2, -0.15) is 0 Å². The lowest BCUT2D eigenvalue weighted by Crippen LogP contribution is -2.12. The van der Waals surface area contributed by atoms with E-state index in [2.05, 4.69) is 20.7 Å². The van der Waals surface area contributed by atoms with Crippen molar-refractivity contribution in [2.45, 2.75) is 6.61 Å². The Labute approximate surface area is 78.6 Å². The normalized spacial score (nSPS) is 9.42. The van der Waals surface area contributed by atoms with Crippen molar-refractivity contribution >= 4 is 22.0 Å². The molecule has 2 N–H and O–H groups in total. The van der Waals surface area contributed by atoms with E-state index < -0.39 is 6.09 Å². The van der Waals surface area contributed by atoms with Gasteiger partial charge in [0.1, 0.15) is 6.61 Å². The van der Waals surface area contributed by atoms with Crippen molar-refractivity contribution in [3.63, 3.8) is 0 Å². The summed E-state index contributed by atoms with van der Waals surface area (Å²) in [5.41, 5.74) is 5.71. The summed E-state index contributed by atoms with van der Waals surface area (Å²) in [5, 5.41) is 0. The molecule has 1 amide bonds. The van der Waals surface area contributed by atoms with E-state index >= 15 is 0 Å².